The van der Waals surface area contributed by atoms with Crippen LogP contribution in [0.5, 0.6) is 0 Å². The van der Waals surface area contributed by atoms with E-state index in [1.54, 1.807) is 0 Å². The Bertz CT molecular complexity index is 287. The van der Waals surface area contributed by atoms with Crippen molar-refractivity contribution in [2.75, 3.05) is 5.75 Å². The molecule has 1 amide bonds. The van der Waals surface area contributed by atoms with Crippen LogP contribution in [-0.4, -0.2) is 21.9 Å². The van der Waals surface area contributed by atoms with Gasteiger partial charge in [-0.3, -0.25) is 10.2 Å². The Morgan fingerprint density at radius 3 is 2.92 bits per heavy atom. The Kier molecular flexibility index (Phi) is 3.66. The molecule has 0 aromatic carbocycles. The van der Waals surface area contributed by atoms with Crippen LogP contribution in [0.1, 0.15) is 5.69 Å². The van der Waals surface area contributed by atoms with Crippen molar-refractivity contribution in [3.05, 3.63) is 17.8 Å². The number of hydrogen-bond acceptors (Lipinski definition) is 5. The maximum Gasteiger partial charge on any atom is 0.244 e. The summed E-state index contributed by atoms with van der Waals surface area (Å²) in [7, 11) is 0. The van der Waals surface area contributed by atoms with Crippen LogP contribution in [0.3, 0.4) is 0 Å². The largest absolute Gasteiger partial charge is 0.294 e. The number of amides is 1. The van der Waals surface area contributed by atoms with Gasteiger partial charge in [-0.05, 0) is 19.1 Å². The molecule has 0 aliphatic rings. The van der Waals surface area contributed by atoms with Gasteiger partial charge in [-0.25, -0.2) is 5.84 Å². The van der Waals surface area contributed by atoms with E-state index >= 15 is 0 Å². The summed E-state index contributed by atoms with van der Waals surface area (Å²) >= 11 is 1.30. The average molecular weight is 198 g/mol. The quantitative estimate of drug-likeness (QED) is 0.306. The summed E-state index contributed by atoms with van der Waals surface area (Å²) in [5.74, 6) is 4.94. The first-order chi connectivity index (χ1) is 6.22. The fourth-order valence-electron chi connectivity index (χ4n) is 0.645. The van der Waals surface area contributed by atoms with E-state index < -0.39 is 0 Å². The monoisotopic (exact) mass is 198 g/mol. The molecular weight excluding hydrogens is 188 g/mol. The van der Waals surface area contributed by atoms with Gasteiger partial charge in [0.2, 0.25) is 5.91 Å². The summed E-state index contributed by atoms with van der Waals surface area (Å²) in [4.78, 5) is 10.7. The second kappa shape index (κ2) is 4.78. The number of hydrazine groups is 1. The molecule has 6 heteroatoms. The third kappa shape index (κ3) is 3.39. The van der Waals surface area contributed by atoms with Gasteiger partial charge in [0.05, 0.1) is 11.4 Å². The first-order valence-corrected chi connectivity index (χ1v) is 4.63. The number of carbonyl (C=O) groups is 1. The molecular formula is C7H10N4OS. The third-order valence-corrected chi connectivity index (χ3v) is 2.21. The summed E-state index contributed by atoms with van der Waals surface area (Å²) in [6.07, 6.45) is 0. The second-order valence-corrected chi connectivity index (χ2v) is 3.36. The van der Waals surface area contributed by atoms with E-state index in [1.165, 1.54) is 11.8 Å². The van der Waals surface area contributed by atoms with Crippen LogP contribution in [-0.2, 0) is 4.79 Å². The number of thioether (sulfide) groups is 1. The first kappa shape index (κ1) is 9.94. The number of hydrogen-bond donors (Lipinski definition) is 2. The summed E-state index contributed by atoms with van der Waals surface area (Å²) in [5, 5.41) is 8.44. The molecule has 0 saturated carbocycles. The highest BCUT2D eigenvalue weighted by molar-refractivity contribution is 7.99. The van der Waals surface area contributed by atoms with Gasteiger partial charge in [-0.15, -0.1) is 5.10 Å². The molecule has 13 heavy (non-hydrogen) atoms. The SMILES string of the molecule is Cc1ccc(SCC(=O)NN)nn1. The van der Waals surface area contributed by atoms with Crippen LogP contribution in [0.15, 0.2) is 17.2 Å². The molecule has 0 saturated heterocycles. The Balaban J connectivity index is 2.46. The zero-order valence-corrected chi connectivity index (χ0v) is 7.97. The molecule has 1 aromatic rings. The normalized spacial score (nSPS) is 9.69. The number of nitrogens with two attached hydrogens (primary N) is 1. The topological polar surface area (TPSA) is 80.9 Å². The molecule has 5 nitrogen and oxygen atoms in total. The van der Waals surface area contributed by atoms with Gasteiger partial charge in [0, 0.05) is 0 Å². The summed E-state index contributed by atoms with van der Waals surface area (Å²) < 4.78 is 0. The third-order valence-electron chi connectivity index (χ3n) is 1.29. The standard InChI is InChI=1S/C7H10N4OS/c1-5-2-3-7(11-10-5)13-4-6(12)9-8/h2-3H,4,8H2,1H3,(H,9,12). The van der Waals surface area contributed by atoms with Gasteiger partial charge in [-0.2, -0.15) is 5.10 Å². The van der Waals surface area contributed by atoms with Crippen LogP contribution < -0.4 is 11.3 Å². The van der Waals surface area contributed by atoms with Crippen molar-refractivity contribution < 1.29 is 4.79 Å². The molecule has 0 aliphatic carbocycles. The molecule has 1 aromatic heterocycles. The Hall–Kier alpha value is -1.14. The van der Waals surface area contributed by atoms with Crippen molar-refractivity contribution in [2.24, 2.45) is 5.84 Å². The van der Waals surface area contributed by atoms with Gasteiger partial charge in [0.1, 0.15) is 5.03 Å². The minimum Gasteiger partial charge on any atom is -0.294 e. The Morgan fingerprint density at radius 2 is 2.38 bits per heavy atom. The molecule has 1 rings (SSSR count). The number of rotatable bonds is 3. The number of carbonyl (C=O) groups excluding carboxylic acids is 1. The number of aromatic nitrogens is 2. The van der Waals surface area contributed by atoms with Crippen LogP contribution >= 0.6 is 11.8 Å². The number of nitrogens with one attached hydrogen (secondary N) is 1. The van der Waals surface area contributed by atoms with Crippen LogP contribution in [0.2, 0.25) is 0 Å². The van der Waals surface area contributed by atoms with E-state index in [0.717, 1.165) is 5.69 Å². The van der Waals surface area contributed by atoms with Crippen LogP contribution in [0.25, 0.3) is 0 Å². The molecule has 3 N–H and O–H groups in total. The van der Waals surface area contributed by atoms with Crippen LogP contribution in [0.4, 0.5) is 0 Å². The Labute approximate surface area is 80.1 Å². The fraction of sp³-hybridized carbons (Fsp3) is 0.286. The maximum absolute atomic E-state index is 10.7. The minimum absolute atomic E-state index is 0.229. The summed E-state index contributed by atoms with van der Waals surface area (Å²) in [5.41, 5.74) is 2.89. The lowest BCUT2D eigenvalue weighted by atomic mass is 10.4. The lowest BCUT2D eigenvalue weighted by molar-refractivity contribution is -0.118. The van der Waals surface area contributed by atoms with Crippen molar-refractivity contribution in [3.63, 3.8) is 0 Å². The molecule has 0 radical (unpaired) electrons. The lowest BCUT2D eigenvalue weighted by Crippen LogP contribution is -2.31. The maximum atomic E-state index is 10.7. The van der Waals surface area contributed by atoms with E-state index in [0.29, 0.717) is 5.03 Å². The zero-order chi connectivity index (χ0) is 9.68. The highest BCUT2D eigenvalue weighted by Crippen LogP contribution is 2.12. The fourth-order valence-corrected chi connectivity index (χ4v) is 1.27. The predicted molar refractivity (Wildman–Crippen MR) is 49.8 cm³/mol. The molecule has 0 bridgehead atoms. The summed E-state index contributed by atoms with van der Waals surface area (Å²) in [6, 6.07) is 3.66. The molecule has 0 aliphatic heterocycles. The van der Waals surface area contributed by atoms with Gasteiger partial charge >= 0.3 is 0 Å². The lowest BCUT2D eigenvalue weighted by Gasteiger charge is -1.98. The average Bonchev–Trinajstić information content (AvgIpc) is 2.16. The molecule has 0 fully saturated rings. The molecule has 0 spiro atoms. The highest BCUT2D eigenvalue weighted by Gasteiger charge is 2.01. The van der Waals surface area contributed by atoms with E-state index in [4.69, 9.17) is 5.84 Å². The van der Waals surface area contributed by atoms with E-state index in [-0.39, 0.29) is 11.7 Å². The van der Waals surface area contributed by atoms with Gasteiger partial charge < -0.3 is 0 Å². The predicted octanol–water partition coefficient (Wildman–Crippen LogP) is -0.133. The van der Waals surface area contributed by atoms with E-state index in [2.05, 4.69) is 10.2 Å². The number of aryl methyl sites for hydroxylation is 1. The van der Waals surface area contributed by atoms with E-state index in [1.807, 2.05) is 24.5 Å². The smallest absolute Gasteiger partial charge is 0.244 e. The molecule has 0 unspecified atom stereocenters. The van der Waals surface area contributed by atoms with Gasteiger partial charge in [0.15, 0.2) is 0 Å². The second-order valence-electron chi connectivity index (χ2n) is 2.37. The van der Waals surface area contributed by atoms with Crippen molar-refractivity contribution in [1.82, 2.24) is 15.6 Å². The van der Waals surface area contributed by atoms with Gasteiger partial charge in [0.25, 0.3) is 0 Å². The zero-order valence-electron chi connectivity index (χ0n) is 7.15. The highest BCUT2D eigenvalue weighted by atomic mass is 32.2. The molecule has 1 heterocycles. The number of nitrogens with zero attached hydrogens (tertiary/aromatic N) is 2. The summed E-state index contributed by atoms with van der Waals surface area (Å²) in [6.45, 7) is 1.86. The molecule has 70 valence electrons. The van der Waals surface area contributed by atoms with Gasteiger partial charge in [-0.1, -0.05) is 11.8 Å². The first-order valence-electron chi connectivity index (χ1n) is 3.65. The van der Waals surface area contributed by atoms with E-state index in [9.17, 15) is 4.79 Å². The van der Waals surface area contributed by atoms with Crippen molar-refractivity contribution in [3.8, 4) is 0 Å². The van der Waals surface area contributed by atoms with Crippen molar-refractivity contribution in [2.45, 2.75) is 11.9 Å². The Morgan fingerprint density at radius 1 is 1.62 bits per heavy atom. The van der Waals surface area contributed by atoms with Crippen LogP contribution in [0, 0.1) is 6.92 Å². The van der Waals surface area contributed by atoms with Crippen molar-refractivity contribution in [1.29, 1.82) is 0 Å². The van der Waals surface area contributed by atoms with Crippen molar-refractivity contribution >= 4 is 17.7 Å². The minimum atomic E-state index is -0.229. The molecule has 0 atom stereocenters.